The van der Waals surface area contributed by atoms with Gasteiger partial charge in [-0.15, -0.1) is 0 Å². The molecule has 0 radical (unpaired) electrons. The van der Waals surface area contributed by atoms with E-state index in [1.54, 1.807) is 0 Å². The third-order valence-corrected chi connectivity index (χ3v) is 5.13. The summed E-state index contributed by atoms with van der Waals surface area (Å²) < 4.78 is 7.85. The number of nitrogens with one attached hydrogen (secondary N) is 1. The second-order valence-corrected chi connectivity index (χ2v) is 6.70. The molecule has 0 amide bonds. The molecule has 0 aromatic carbocycles. The maximum Gasteiger partial charge on any atom is 0.126 e. The summed E-state index contributed by atoms with van der Waals surface area (Å²) in [5.74, 6) is 1.38. The Bertz CT molecular complexity index is 662. The zero-order valence-corrected chi connectivity index (χ0v) is 14.2. The van der Waals surface area contributed by atoms with Crippen molar-refractivity contribution in [3.8, 4) is 0 Å². The topological polar surface area (TPSA) is 55.2 Å². The van der Waals surface area contributed by atoms with Crippen LogP contribution in [0.1, 0.15) is 31.1 Å². The molecule has 0 aliphatic carbocycles. The van der Waals surface area contributed by atoms with Crippen molar-refractivity contribution in [2.75, 3.05) is 36.5 Å². The summed E-state index contributed by atoms with van der Waals surface area (Å²) in [5, 5.41) is 7.74. The van der Waals surface area contributed by atoms with Crippen LogP contribution in [0.15, 0.2) is 30.6 Å². The molecule has 6 heteroatoms. The van der Waals surface area contributed by atoms with Crippen LogP contribution in [-0.4, -0.2) is 41.0 Å². The number of aryl methyl sites for hydroxylation is 1. The number of ether oxygens (including phenoxy) is 1. The van der Waals surface area contributed by atoms with E-state index < -0.39 is 0 Å². The summed E-state index contributed by atoms with van der Waals surface area (Å²) in [6.45, 7) is 3.98. The SMILES string of the molecule is Cn1nccc1[C@@H]1OCC[C@H]1CNc1ccc(N2CCCC2)cn1. The maximum atomic E-state index is 5.94. The first kappa shape index (κ1) is 15.4. The monoisotopic (exact) mass is 327 g/mol. The number of aromatic nitrogens is 3. The normalized spacial score (nSPS) is 23.8. The van der Waals surface area contributed by atoms with Crippen molar-refractivity contribution in [2.24, 2.45) is 13.0 Å². The van der Waals surface area contributed by atoms with Gasteiger partial charge in [0.05, 0.1) is 17.6 Å². The predicted octanol–water partition coefficient (Wildman–Crippen LogP) is 2.61. The van der Waals surface area contributed by atoms with Crippen LogP contribution in [0.3, 0.4) is 0 Å². The quantitative estimate of drug-likeness (QED) is 0.915. The van der Waals surface area contributed by atoms with Gasteiger partial charge in [-0.05, 0) is 37.5 Å². The average Bonchev–Trinajstić information content (AvgIpc) is 3.35. The van der Waals surface area contributed by atoms with Gasteiger partial charge in [-0.2, -0.15) is 5.10 Å². The molecule has 4 rings (SSSR count). The highest BCUT2D eigenvalue weighted by molar-refractivity contribution is 5.50. The molecule has 4 heterocycles. The summed E-state index contributed by atoms with van der Waals surface area (Å²) in [5.41, 5.74) is 2.38. The fourth-order valence-electron chi connectivity index (χ4n) is 3.72. The Labute approximate surface area is 142 Å². The first-order valence-electron chi connectivity index (χ1n) is 8.85. The second-order valence-electron chi connectivity index (χ2n) is 6.70. The molecule has 0 saturated carbocycles. The van der Waals surface area contributed by atoms with Crippen molar-refractivity contribution in [3.05, 3.63) is 36.3 Å². The van der Waals surface area contributed by atoms with E-state index in [4.69, 9.17) is 4.74 Å². The Morgan fingerprint density at radius 3 is 2.83 bits per heavy atom. The fourth-order valence-corrected chi connectivity index (χ4v) is 3.72. The molecular weight excluding hydrogens is 302 g/mol. The van der Waals surface area contributed by atoms with Gasteiger partial charge in [0.25, 0.3) is 0 Å². The molecule has 24 heavy (non-hydrogen) atoms. The average molecular weight is 327 g/mol. The first-order valence-corrected chi connectivity index (χ1v) is 8.85. The molecule has 2 atom stereocenters. The third-order valence-electron chi connectivity index (χ3n) is 5.13. The molecule has 2 aliphatic rings. The largest absolute Gasteiger partial charge is 0.372 e. The number of rotatable bonds is 5. The van der Waals surface area contributed by atoms with Gasteiger partial charge in [0.15, 0.2) is 0 Å². The molecular formula is C18H25N5O. The smallest absolute Gasteiger partial charge is 0.126 e. The number of nitrogens with zero attached hydrogens (tertiary/aromatic N) is 4. The second kappa shape index (κ2) is 6.81. The Morgan fingerprint density at radius 1 is 1.25 bits per heavy atom. The Balaban J connectivity index is 1.36. The van der Waals surface area contributed by atoms with E-state index in [0.29, 0.717) is 5.92 Å². The fraction of sp³-hybridized carbons (Fsp3) is 0.556. The molecule has 2 aliphatic heterocycles. The molecule has 0 unspecified atom stereocenters. The summed E-state index contributed by atoms with van der Waals surface area (Å²) in [7, 11) is 1.97. The number of hydrogen-bond acceptors (Lipinski definition) is 5. The van der Waals surface area contributed by atoms with Crippen LogP contribution in [0.25, 0.3) is 0 Å². The van der Waals surface area contributed by atoms with Crippen molar-refractivity contribution < 1.29 is 4.74 Å². The first-order chi connectivity index (χ1) is 11.8. The van der Waals surface area contributed by atoms with Crippen LogP contribution < -0.4 is 10.2 Å². The van der Waals surface area contributed by atoms with Crippen LogP contribution in [0.2, 0.25) is 0 Å². The molecule has 2 fully saturated rings. The Kier molecular flexibility index (Phi) is 4.38. The van der Waals surface area contributed by atoms with Crippen molar-refractivity contribution in [3.63, 3.8) is 0 Å². The van der Waals surface area contributed by atoms with Crippen LogP contribution >= 0.6 is 0 Å². The maximum absolute atomic E-state index is 5.94. The minimum Gasteiger partial charge on any atom is -0.372 e. The third kappa shape index (κ3) is 3.11. The van der Waals surface area contributed by atoms with Crippen molar-refractivity contribution >= 4 is 11.5 Å². The summed E-state index contributed by atoms with van der Waals surface area (Å²) >= 11 is 0. The van der Waals surface area contributed by atoms with E-state index in [1.807, 2.05) is 30.2 Å². The number of pyridine rings is 1. The van der Waals surface area contributed by atoms with Gasteiger partial charge in [0.2, 0.25) is 0 Å². The van der Waals surface area contributed by atoms with Gasteiger partial charge in [-0.25, -0.2) is 4.98 Å². The van der Waals surface area contributed by atoms with E-state index in [-0.39, 0.29) is 6.10 Å². The minimum absolute atomic E-state index is 0.119. The van der Waals surface area contributed by atoms with Gasteiger partial charge >= 0.3 is 0 Å². The minimum atomic E-state index is 0.119. The van der Waals surface area contributed by atoms with E-state index in [9.17, 15) is 0 Å². The lowest BCUT2D eigenvalue weighted by atomic mass is 9.99. The van der Waals surface area contributed by atoms with E-state index in [0.717, 1.165) is 44.2 Å². The number of anilines is 2. The van der Waals surface area contributed by atoms with Gasteiger partial charge in [-0.3, -0.25) is 4.68 Å². The van der Waals surface area contributed by atoms with Crippen LogP contribution in [0.5, 0.6) is 0 Å². The van der Waals surface area contributed by atoms with E-state index in [1.165, 1.54) is 18.5 Å². The highest BCUT2D eigenvalue weighted by Gasteiger charge is 2.31. The molecule has 6 nitrogen and oxygen atoms in total. The molecule has 1 N–H and O–H groups in total. The van der Waals surface area contributed by atoms with Crippen molar-refractivity contribution in [2.45, 2.75) is 25.4 Å². The number of hydrogen-bond donors (Lipinski definition) is 1. The van der Waals surface area contributed by atoms with Crippen LogP contribution in [-0.2, 0) is 11.8 Å². The molecule has 0 bridgehead atoms. The molecule has 2 aromatic heterocycles. The molecule has 2 aromatic rings. The van der Waals surface area contributed by atoms with Gasteiger partial charge in [-0.1, -0.05) is 0 Å². The zero-order chi connectivity index (χ0) is 16.4. The van der Waals surface area contributed by atoms with Crippen LogP contribution in [0, 0.1) is 5.92 Å². The van der Waals surface area contributed by atoms with Gasteiger partial charge in [0, 0.05) is 45.4 Å². The predicted molar refractivity (Wildman–Crippen MR) is 94.2 cm³/mol. The van der Waals surface area contributed by atoms with E-state index >= 15 is 0 Å². The Morgan fingerprint density at radius 2 is 2.12 bits per heavy atom. The summed E-state index contributed by atoms with van der Waals surface area (Å²) in [6.07, 6.45) is 7.58. The highest BCUT2D eigenvalue weighted by atomic mass is 16.5. The molecule has 128 valence electrons. The summed E-state index contributed by atoms with van der Waals surface area (Å²) in [6, 6.07) is 6.30. The molecule has 2 saturated heterocycles. The zero-order valence-electron chi connectivity index (χ0n) is 14.2. The lowest BCUT2D eigenvalue weighted by Crippen LogP contribution is -2.20. The van der Waals surface area contributed by atoms with Crippen molar-refractivity contribution in [1.29, 1.82) is 0 Å². The lowest BCUT2D eigenvalue weighted by Gasteiger charge is -2.20. The Hall–Kier alpha value is -2.08. The van der Waals surface area contributed by atoms with E-state index in [2.05, 4.69) is 32.4 Å². The van der Waals surface area contributed by atoms with Crippen molar-refractivity contribution in [1.82, 2.24) is 14.8 Å². The lowest BCUT2D eigenvalue weighted by molar-refractivity contribution is 0.0866. The molecule has 0 spiro atoms. The van der Waals surface area contributed by atoms with Crippen LogP contribution in [0.4, 0.5) is 11.5 Å². The summed E-state index contributed by atoms with van der Waals surface area (Å²) in [4.78, 5) is 6.98. The standard InChI is InChI=1S/C18H25N5O/c1-22-16(6-8-21-22)18-14(7-11-24-18)12-19-17-5-4-15(13-20-17)23-9-2-3-10-23/h4-6,8,13-14,18H,2-3,7,9-12H2,1H3,(H,19,20)/t14-,18+/m0/s1. The highest BCUT2D eigenvalue weighted by Crippen LogP contribution is 2.34. The van der Waals surface area contributed by atoms with Gasteiger partial charge < -0.3 is 15.0 Å². The van der Waals surface area contributed by atoms with Gasteiger partial charge in [0.1, 0.15) is 11.9 Å².